The van der Waals surface area contributed by atoms with Gasteiger partial charge in [0.2, 0.25) is 0 Å². The quantitative estimate of drug-likeness (QED) is 0.751. The molecule has 0 aliphatic carbocycles. The van der Waals surface area contributed by atoms with Gasteiger partial charge in [0, 0.05) is 0 Å². The van der Waals surface area contributed by atoms with E-state index in [0.717, 1.165) is 30.4 Å². The summed E-state index contributed by atoms with van der Waals surface area (Å²) in [5, 5.41) is 10.0. The molecule has 2 heteroatoms. The lowest BCUT2D eigenvalue weighted by molar-refractivity contribution is -0.142. The molecule has 0 unspecified atom stereocenters. The van der Waals surface area contributed by atoms with E-state index in [1.807, 2.05) is 60.7 Å². The predicted molar refractivity (Wildman–Crippen MR) is 85.4 cm³/mol. The van der Waals surface area contributed by atoms with Crippen LogP contribution in [0.25, 0.3) is 0 Å². The van der Waals surface area contributed by atoms with E-state index < -0.39 is 11.4 Å². The lowest BCUT2D eigenvalue weighted by Crippen LogP contribution is -2.37. The Morgan fingerprint density at radius 1 is 0.905 bits per heavy atom. The maximum atomic E-state index is 12.2. The molecular formula is C19H22O2. The van der Waals surface area contributed by atoms with Gasteiger partial charge < -0.3 is 5.11 Å². The molecule has 0 spiro atoms. The number of benzene rings is 2. The molecule has 0 fully saturated rings. The highest BCUT2D eigenvalue weighted by molar-refractivity contribution is 5.86. The fourth-order valence-electron chi connectivity index (χ4n) is 2.89. The largest absolute Gasteiger partial charge is 0.480 e. The first-order chi connectivity index (χ1) is 10.2. The first kappa shape index (κ1) is 15.3. The van der Waals surface area contributed by atoms with Crippen molar-refractivity contribution in [2.75, 3.05) is 0 Å². The summed E-state index contributed by atoms with van der Waals surface area (Å²) in [5.41, 5.74) is 0.775. The van der Waals surface area contributed by atoms with Crippen molar-refractivity contribution >= 4 is 5.97 Å². The summed E-state index contributed by atoms with van der Waals surface area (Å²) in [6.07, 6.45) is 3.67. The van der Waals surface area contributed by atoms with Crippen LogP contribution in [0.1, 0.15) is 43.7 Å². The Hall–Kier alpha value is -2.09. The Kier molecular flexibility index (Phi) is 5.15. The van der Waals surface area contributed by atoms with Crippen molar-refractivity contribution in [3.05, 3.63) is 71.8 Å². The molecule has 0 heterocycles. The third kappa shape index (κ3) is 3.15. The minimum Gasteiger partial charge on any atom is -0.480 e. The molecule has 0 aliphatic heterocycles. The smallest absolute Gasteiger partial charge is 0.318 e. The molecule has 0 atom stereocenters. The Balaban J connectivity index is 2.52. The molecule has 21 heavy (non-hydrogen) atoms. The number of unbranched alkanes of at least 4 members (excludes halogenated alkanes) is 2. The van der Waals surface area contributed by atoms with Gasteiger partial charge in [-0.15, -0.1) is 0 Å². The van der Waals surface area contributed by atoms with Gasteiger partial charge in [0.25, 0.3) is 0 Å². The van der Waals surface area contributed by atoms with Gasteiger partial charge in [0.05, 0.1) is 0 Å². The SMILES string of the molecule is CCCCCC(C(=O)O)(c1ccccc1)c1ccccc1. The molecule has 2 aromatic rings. The summed E-state index contributed by atoms with van der Waals surface area (Å²) in [7, 11) is 0. The van der Waals surface area contributed by atoms with E-state index >= 15 is 0 Å². The molecule has 0 saturated carbocycles. The molecule has 0 saturated heterocycles. The van der Waals surface area contributed by atoms with Crippen molar-refractivity contribution < 1.29 is 9.90 Å². The zero-order valence-electron chi connectivity index (χ0n) is 12.5. The van der Waals surface area contributed by atoms with Gasteiger partial charge in [-0.1, -0.05) is 86.8 Å². The maximum Gasteiger partial charge on any atom is 0.318 e. The minimum atomic E-state index is -0.947. The molecule has 0 bridgehead atoms. The van der Waals surface area contributed by atoms with Crippen molar-refractivity contribution in [2.24, 2.45) is 0 Å². The van der Waals surface area contributed by atoms with E-state index in [9.17, 15) is 9.90 Å². The highest BCUT2D eigenvalue weighted by Gasteiger charge is 2.41. The Morgan fingerprint density at radius 3 is 1.76 bits per heavy atom. The molecule has 0 amide bonds. The number of carboxylic acid groups (broad SMARTS) is 1. The second-order valence-electron chi connectivity index (χ2n) is 5.40. The van der Waals surface area contributed by atoms with Crippen LogP contribution < -0.4 is 0 Å². The van der Waals surface area contributed by atoms with Gasteiger partial charge >= 0.3 is 5.97 Å². The third-order valence-electron chi connectivity index (χ3n) is 4.05. The fraction of sp³-hybridized carbons (Fsp3) is 0.316. The van der Waals surface area contributed by atoms with Crippen molar-refractivity contribution in [3.8, 4) is 0 Å². The van der Waals surface area contributed by atoms with Crippen LogP contribution in [0.4, 0.5) is 0 Å². The second-order valence-corrected chi connectivity index (χ2v) is 5.40. The van der Waals surface area contributed by atoms with E-state index in [1.54, 1.807) is 0 Å². The average Bonchev–Trinajstić information content (AvgIpc) is 2.53. The zero-order chi connectivity index (χ0) is 15.1. The van der Waals surface area contributed by atoms with Crippen LogP contribution in [0.15, 0.2) is 60.7 Å². The maximum absolute atomic E-state index is 12.2. The number of rotatable bonds is 7. The number of hydrogen-bond acceptors (Lipinski definition) is 1. The van der Waals surface area contributed by atoms with Crippen LogP contribution in [-0.2, 0) is 10.2 Å². The normalized spacial score (nSPS) is 11.3. The summed E-state index contributed by atoms with van der Waals surface area (Å²) in [5.74, 6) is -0.768. The Morgan fingerprint density at radius 2 is 1.38 bits per heavy atom. The number of carbonyl (C=O) groups is 1. The summed E-state index contributed by atoms with van der Waals surface area (Å²) >= 11 is 0. The highest BCUT2D eigenvalue weighted by Crippen LogP contribution is 2.37. The van der Waals surface area contributed by atoms with Crippen molar-refractivity contribution in [2.45, 2.75) is 38.0 Å². The third-order valence-corrected chi connectivity index (χ3v) is 4.05. The van der Waals surface area contributed by atoms with Crippen molar-refractivity contribution in [1.82, 2.24) is 0 Å². The number of carboxylic acids is 1. The topological polar surface area (TPSA) is 37.3 Å². The van der Waals surface area contributed by atoms with E-state index in [4.69, 9.17) is 0 Å². The predicted octanol–water partition coefficient (Wildman–Crippen LogP) is 4.64. The highest BCUT2D eigenvalue weighted by atomic mass is 16.4. The molecule has 2 rings (SSSR count). The van der Waals surface area contributed by atoms with Crippen LogP contribution >= 0.6 is 0 Å². The van der Waals surface area contributed by atoms with Crippen LogP contribution in [0.2, 0.25) is 0 Å². The lowest BCUT2D eigenvalue weighted by atomic mass is 9.71. The van der Waals surface area contributed by atoms with Gasteiger partial charge in [-0.05, 0) is 17.5 Å². The van der Waals surface area contributed by atoms with Gasteiger partial charge in [-0.25, -0.2) is 0 Å². The van der Waals surface area contributed by atoms with Gasteiger partial charge in [-0.3, -0.25) is 4.79 Å². The number of hydrogen-bond donors (Lipinski definition) is 1. The fourth-order valence-corrected chi connectivity index (χ4v) is 2.89. The van der Waals surface area contributed by atoms with Crippen molar-refractivity contribution in [1.29, 1.82) is 0 Å². The van der Waals surface area contributed by atoms with E-state index in [0.29, 0.717) is 6.42 Å². The van der Waals surface area contributed by atoms with Gasteiger partial charge in [0.15, 0.2) is 0 Å². The van der Waals surface area contributed by atoms with Gasteiger partial charge in [-0.2, -0.15) is 0 Å². The second kappa shape index (κ2) is 7.07. The first-order valence-electron chi connectivity index (χ1n) is 7.56. The average molecular weight is 282 g/mol. The first-order valence-corrected chi connectivity index (χ1v) is 7.56. The molecule has 1 N–H and O–H groups in total. The zero-order valence-corrected chi connectivity index (χ0v) is 12.5. The number of aliphatic carboxylic acids is 1. The summed E-state index contributed by atoms with van der Waals surface area (Å²) in [4.78, 5) is 12.2. The van der Waals surface area contributed by atoms with E-state index in [-0.39, 0.29) is 0 Å². The molecule has 110 valence electrons. The summed E-state index contributed by atoms with van der Waals surface area (Å²) in [6.45, 7) is 2.13. The minimum absolute atomic E-state index is 0.629. The Bertz CT molecular complexity index is 521. The molecular weight excluding hydrogens is 260 g/mol. The molecule has 0 aromatic heterocycles. The standard InChI is InChI=1S/C19H22O2/c1-2-3-10-15-19(18(20)21,16-11-6-4-7-12-16)17-13-8-5-9-14-17/h4-9,11-14H,2-3,10,15H2,1H3,(H,20,21). The molecule has 2 aromatic carbocycles. The van der Waals surface area contributed by atoms with E-state index in [2.05, 4.69) is 6.92 Å². The Labute approximate surface area is 126 Å². The molecule has 0 radical (unpaired) electrons. The van der Waals surface area contributed by atoms with Gasteiger partial charge in [0.1, 0.15) is 5.41 Å². The van der Waals surface area contributed by atoms with E-state index in [1.165, 1.54) is 0 Å². The van der Waals surface area contributed by atoms with Crippen LogP contribution in [0.5, 0.6) is 0 Å². The lowest BCUT2D eigenvalue weighted by Gasteiger charge is -2.31. The van der Waals surface area contributed by atoms with Crippen LogP contribution in [0.3, 0.4) is 0 Å². The van der Waals surface area contributed by atoms with Crippen LogP contribution in [-0.4, -0.2) is 11.1 Å². The monoisotopic (exact) mass is 282 g/mol. The van der Waals surface area contributed by atoms with Crippen LogP contribution in [0, 0.1) is 0 Å². The molecule has 0 aliphatic rings. The van der Waals surface area contributed by atoms with Crippen molar-refractivity contribution in [3.63, 3.8) is 0 Å². The summed E-state index contributed by atoms with van der Waals surface area (Å²) in [6, 6.07) is 19.2. The summed E-state index contributed by atoms with van der Waals surface area (Å²) < 4.78 is 0. The molecule has 2 nitrogen and oxygen atoms in total.